The SMILES string of the molecule is CC(Nc1ccnc(N(C)C)n1)c1nc(C(=O)O)cs1. The molecule has 2 aromatic rings. The van der Waals surface area contributed by atoms with Gasteiger partial charge in [0.15, 0.2) is 5.69 Å². The van der Waals surface area contributed by atoms with Gasteiger partial charge in [0.1, 0.15) is 10.8 Å². The highest BCUT2D eigenvalue weighted by Gasteiger charge is 2.14. The highest BCUT2D eigenvalue weighted by Crippen LogP contribution is 2.22. The van der Waals surface area contributed by atoms with Crippen LogP contribution in [0.2, 0.25) is 0 Å². The van der Waals surface area contributed by atoms with Crippen LogP contribution in [0.1, 0.15) is 28.5 Å². The molecule has 0 saturated heterocycles. The van der Waals surface area contributed by atoms with Crippen LogP contribution in [0.5, 0.6) is 0 Å². The Bertz CT molecular complexity index is 613. The first-order chi connectivity index (χ1) is 9.47. The Kier molecular flexibility index (Phi) is 4.14. The summed E-state index contributed by atoms with van der Waals surface area (Å²) in [5.74, 6) is 0.257. The van der Waals surface area contributed by atoms with Crippen LogP contribution in [0.4, 0.5) is 11.8 Å². The van der Waals surface area contributed by atoms with E-state index < -0.39 is 5.97 Å². The van der Waals surface area contributed by atoms with Gasteiger partial charge in [0.2, 0.25) is 5.95 Å². The molecule has 1 unspecified atom stereocenters. The average Bonchev–Trinajstić information content (AvgIpc) is 2.88. The number of hydrogen-bond donors (Lipinski definition) is 2. The summed E-state index contributed by atoms with van der Waals surface area (Å²) in [4.78, 5) is 25.2. The fourth-order valence-electron chi connectivity index (χ4n) is 1.51. The van der Waals surface area contributed by atoms with Crippen molar-refractivity contribution >= 4 is 29.1 Å². The van der Waals surface area contributed by atoms with Gasteiger partial charge in [0.05, 0.1) is 6.04 Å². The van der Waals surface area contributed by atoms with Crippen LogP contribution in [0.15, 0.2) is 17.6 Å². The second-order valence-corrected chi connectivity index (χ2v) is 5.27. The molecule has 8 heteroatoms. The first-order valence-corrected chi connectivity index (χ1v) is 6.81. The molecule has 106 valence electrons. The normalized spacial score (nSPS) is 11.9. The zero-order chi connectivity index (χ0) is 14.7. The van der Waals surface area contributed by atoms with E-state index in [-0.39, 0.29) is 11.7 Å². The van der Waals surface area contributed by atoms with Crippen molar-refractivity contribution in [3.63, 3.8) is 0 Å². The van der Waals surface area contributed by atoms with Crippen molar-refractivity contribution < 1.29 is 9.90 Å². The summed E-state index contributed by atoms with van der Waals surface area (Å²) in [5, 5.41) is 14.3. The number of nitrogens with zero attached hydrogens (tertiary/aromatic N) is 4. The summed E-state index contributed by atoms with van der Waals surface area (Å²) in [7, 11) is 3.73. The van der Waals surface area contributed by atoms with Crippen molar-refractivity contribution in [2.75, 3.05) is 24.3 Å². The van der Waals surface area contributed by atoms with Crippen LogP contribution in [0, 0.1) is 0 Å². The van der Waals surface area contributed by atoms with Crippen molar-refractivity contribution in [1.82, 2.24) is 15.0 Å². The lowest BCUT2D eigenvalue weighted by Crippen LogP contribution is -2.14. The molecule has 0 amide bonds. The minimum Gasteiger partial charge on any atom is -0.476 e. The number of thiazole rings is 1. The van der Waals surface area contributed by atoms with Crippen molar-refractivity contribution in [2.45, 2.75) is 13.0 Å². The van der Waals surface area contributed by atoms with Gasteiger partial charge in [-0.3, -0.25) is 0 Å². The molecule has 1 atom stereocenters. The van der Waals surface area contributed by atoms with Crippen LogP contribution < -0.4 is 10.2 Å². The maximum absolute atomic E-state index is 10.8. The maximum atomic E-state index is 10.8. The van der Waals surface area contributed by atoms with E-state index in [0.717, 1.165) is 0 Å². The Morgan fingerprint density at radius 3 is 2.80 bits per heavy atom. The molecule has 2 N–H and O–H groups in total. The average molecular weight is 293 g/mol. The topological polar surface area (TPSA) is 91.2 Å². The predicted molar refractivity (Wildman–Crippen MR) is 77.5 cm³/mol. The van der Waals surface area contributed by atoms with Crippen molar-refractivity contribution in [3.8, 4) is 0 Å². The van der Waals surface area contributed by atoms with E-state index in [1.165, 1.54) is 16.7 Å². The van der Waals surface area contributed by atoms with Gasteiger partial charge in [0, 0.05) is 25.7 Å². The monoisotopic (exact) mass is 293 g/mol. The lowest BCUT2D eigenvalue weighted by atomic mass is 10.3. The Balaban J connectivity index is 2.12. The van der Waals surface area contributed by atoms with Crippen LogP contribution in [0.25, 0.3) is 0 Å². The van der Waals surface area contributed by atoms with Gasteiger partial charge in [-0.05, 0) is 13.0 Å². The van der Waals surface area contributed by atoms with Gasteiger partial charge in [-0.25, -0.2) is 14.8 Å². The molecule has 20 heavy (non-hydrogen) atoms. The molecular weight excluding hydrogens is 278 g/mol. The Morgan fingerprint density at radius 2 is 2.20 bits per heavy atom. The predicted octanol–water partition coefficient (Wildman–Crippen LogP) is 1.87. The van der Waals surface area contributed by atoms with Gasteiger partial charge in [-0.15, -0.1) is 11.3 Å². The molecule has 0 aliphatic heterocycles. The Labute approximate surface area is 120 Å². The molecule has 2 heterocycles. The first kappa shape index (κ1) is 14.2. The zero-order valence-electron chi connectivity index (χ0n) is 11.4. The molecule has 0 aromatic carbocycles. The Hall–Kier alpha value is -2.22. The number of carboxylic acid groups (broad SMARTS) is 1. The molecule has 0 fully saturated rings. The summed E-state index contributed by atoms with van der Waals surface area (Å²) < 4.78 is 0. The van der Waals surface area contributed by atoms with Gasteiger partial charge in [-0.2, -0.15) is 4.98 Å². The van der Waals surface area contributed by atoms with Crippen LogP contribution in [-0.2, 0) is 0 Å². The van der Waals surface area contributed by atoms with E-state index >= 15 is 0 Å². The molecule has 2 aromatic heterocycles. The van der Waals surface area contributed by atoms with Crippen LogP contribution in [-0.4, -0.2) is 40.1 Å². The number of nitrogens with one attached hydrogen (secondary N) is 1. The molecular formula is C12H15N5O2S. The van der Waals surface area contributed by atoms with E-state index in [2.05, 4.69) is 20.3 Å². The third-order valence-electron chi connectivity index (χ3n) is 2.52. The van der Waals surface area contributed by atoms with E-state index in [0.29, 0.717) is 16.8 Å². The van der Waals surface area contributed by atoms with Gasteiger partial charge < -0.3 is 15.3 Å². The van der Waals surface area contributed by atoms with Gasteiger partial charge in [0.25, 0.3) is 0 Å². The minimum atomic E-state index is -1.02. The molecule has 0 radical (unpaired) electrons. The third-order valence-corrected chi connectivity index (χ3v) is 3.55. The summed E-state index contributed by atoms with van der Waals surface area (Å²) >= 11 is 1.31. The molecule has 7 nitrogen and oxygen atoms in total. The number of aromatic carboxylic acids is 1. The largest absolute Gasteiger partial charge is 0.476 e. The lowest BCUT2D eigenvalue weighted by molar-refractivity contribution is 0.0691. The fraction of sp³-hybridized carbons (Fsp3) is 0.333. The first-order valence-electron chi connectivity index (χ1n) is 5.93. The van der Waals surface area contributed by atoms with Crippen molar-refractivity contribution in [2.24, 2.45) is 0 Å². The van der Waals surface area contributed by atoms with Crippen molar-refractivity contribution in [1.29, 1.82) is 0 Å². The summed E-state index contributed by atoms with van der Waals surface area (Å²) in [6.07, 6.45) is 1.67. The molecule has 2 rings (SSSR count). The number of carbonyl (C=O) groups is 1. The standard InChI is InChI=1S/C12H15N5O2S/c1-7(10-15-8(6-20-10)11(18)19)14-9-4-5-13-12(16-9)17(2)3/h4-7H,1-3H3,(H,18,19)(H,13,14,16). The number of aromatic nitrogens is 3. The smallest absolute Gasteiger partial charge is 0.355 e. The number of anilines is 2. The quantitative estimate of drug-likeness (QED) is 0.869. The molecule has 0 aliphatic rings. The van der Waals surface area contributed by atoms with Gasteiger partial charge in [-0.1, -0.05) is 0 Å². The third kappa shape index (κ3) is 3.21. The van der Waals surface area contributed by atoms with Crippen LogP contribution >= 0.6 is 11.3 Å². The van der Waals surface area contributed by atoms with E-state index in [1.807, 2.05) is 25.9 Å². The summed E-state index contributed by atoms with van der Waals surface area (Å²) in [6, 6.07) is 1.63. The lowest BCUT2D eigenvalue weighted by Gasteiger charge is -2.14. The summed E-state index contributed by atoms with van der Waals surface area (Å²) in [5.41, 5.74) is 0.0651. The minimum absolute atomic E-state index is 0.0651. The molecule has 0 bridgehead atoms. The second-order valence-electron chi connectivity index (χ2n) is 4.38. The highest BCUT2D eigenvalue weighted by molar-refractivity contribution is 7.09. The number of carboxylic acids is 1. The van der Waals surface area contributed by atoms with E-state index in [4.69, 9.17) is 5.11 Å². The second kappa shape index (κ2) is 5.83. The highest BCUT2D eigenvalue weighted by atomic mass is 32.1. The van der Waals surface area contributed by atoms with Gasteiger partial charge >= 0.3 is 5.97 Å². The molecule has 0 aliphatic carbocycles. The molecule has 0 saturated carbocycles. The van der Waals surface area contributed by atoms with E-state index in [9.17, 15) is 4.79 Å². The maximum Gasteiger partial charge on any atom is 0.355 e. The zero-order valence-corrected chi connectivity index (χ0v) is 12.2. The summed E-state index contributed by atoms with van der Waals surface area (Å²) in [6.45, 7) is 1.90. The number of hydrogen-bond acceptors (Lipinski definition) is 7. The molecule has 0 spiro atoms. The van der Waals surface area contributed by atoms with Crippen LogP contribution in [0.3, 0.4) is 0 Å². The fourth-order valence-corrected chi connectivity index (χ4v) is 2.31. The number of rotatable bonds is 5. The van der Waals surface area contributed by atoms with E-state index in [1.54, 1.807) is 12.3 Å². The van der Waals surface area contributed by atoms with Crippen molar-refractivity contribution in [3.05, 3.63) is 28.3 Å². The Morgan fingerprint density at radius 1 is 1.45 bits per heavy atom.